The van der Waals surface area contributed by atoms with Crippen molar-refractivity contribution in [2.45, 2.75) is 32.7 Å². The molecule has 0 spiro atoms. The average molecular weight is 215 g/mol. The molecule has 0 saturated carbocycles. The molecule has 1 heteroatoms. The molecule has 0 radical (unpaired) electrons. The molecular formula is C15H21N. The Hall–Kier alpha value is -1.08. The van der Waals surface area contributed by atoms with Crippen molar-refractivity contribution in [3.8, 4) is 0 Å². The van der Waals surface area contributed by atoms with Crippen molar-refractivity contribution < 1.29 is 0 Å². The Morgan fingerprint density at radius 1 is 1.00 bits per heavy atom. The summed E-state index contributed by atoms with van der Waals surface area (Å²) in [6, 6.07) is 8.83. The molecular weight excluding hydrogens is 194 g/mol. The Kier molecular flexibility index (Phi) is 4.17. The van der Waals surface area contributed by atoms with E-state index in [1.54, 1.807) is 0 Å². The predicted molar refractivity (Wildman–Crippen MR) is 69.5 cm³/mol. The van der Waals surface area contributed by atoms with E-state index in [0.717, 1.165) is 13.0 Å². The second-order valence-corrected chi connectivity index (χ2v) is 4.45. The summed E-state index contributed by atoms with van der Waals surface area (Å²) in [5.41, 5.74) is 3.01. The third-order valence-electron chi connectivity index (χ3n) is 3.28. The van der Waals surface area contributed by atoms with Gasteiger partial charge in [-0.25, -0.2) is 0 Å². The highest BCUT2D eigenvalue weighted by Gasteiger charge is 2.08. The Morgan fingerprint density at radius 3 is 2.25 bits per heavy atom. The standard InChI is InChI=1S/C15H21N/c1-2-14-9-5-6-10-15(14)13-16-11-7-3-4-8-12-16/h3-6,9-10H,2,7-8,11-13H2,1H3. The molecule has 0 saturated heterocycles. The molecule has 0 aliphatic carbocycles. The highest BCUT2D eigenvalue weighted by atomic mass is 15.1. The maximum absolute atomic E-state index is 2.56. The fraction of sp³-hybridized carbons (Fsp3) is 0.467. The van der Waals surface area contributed by atoms with Gasteiger partial charge in [0.15, 0.2) is 0 Å². The zero-order chi connectivity index (χ0) is 11.2. The molecule has 1 aromatic carbocycles. The van der Waals surface area contributed by atoms with E-state index in [4.69, 9.17) is 0 Å². The van der Waals surface area contributed by atoms with Gasteiger partial charge in [-0.3, -0.25) is 4.90 Å². The predicted octanol–water partition coefficient (Wildman–Crippen LogP) is 3.40. The number of aryl methyl sites for hydroxylation is 1. The van der Waals surface area contributed by atoms with Crippen molar-refractivity contribution in [1.29, 1.82) is 0 Å². The normalized spacial score (nSPS) is 17.3. The molecule has 0 fully saturated rings. The van der Waals surface area contributed by atoms with Crippen LogP contribution in [0.3, 0.4) is 0 Å². The van der Waals surface area contributed by atoms with E-state index in [2.05, 4.69) is 48.2 Å². The van der Waals surface area contributed by atoms with Gasteiger partial charge in [0.05, 0.1) is 0 Å². The third-order valence-corrected chi connectivity index (χ3v) is 3.28. The smallest absolute Gasteiger partial charge is 0.0236 e. The fourth-order valence-corrected chi connectivity index (χ4v) is 2.32. The molecule has 0 bridgehead atoms. The van der Waals surface area contributed by atoms with Crippen molar-refractivity contribution >= 4 is 0 Å². The number of benzene rings is 1. The minimum Gasteiger partial charge on any atom is -0.298 e. The Bertz CT molecular complexity index is 344. The summed E-state index contributed by atoms with van der Waals surface area (Å²) in [6.07, 6.45) is 8.17. The lowest BCUT2D eigenvalue weighted by atomic mass is 10.0. The second-order valence-electron chi connectivity index (χ2n) is 4.45. The summed E-state index contributed by atoms with van der Waals surface area (Å²) in [5, 5.41) is 0. The van der Waals surface area contributed by atoms with Gasteiger partial charge in [-0.05, 0) is 30.4 Å². The van der Waals surface area contributed by atoms with Gasteiger partial charge >= 0.3 is 0 Å². The van der Waals surface area contributed by atoms with Crippen LogP contribution < -0.4 is 0 Å². The van der Waals surface area contributed by atoms with Crippen LogP contribution >= 0.6 is 0 Å². The number of hydrogen-bond acceptors (Lipinski definition) is 1. The maximum Gasteiger partial charge on any atom is 0.0236 e. The molecule has 86 valence electrons. The van der Waals surface area contributed by atoms with Crippen LogP contribution in [0.4, 0.5) is 0 Å². The van der Waals surface area contributed by atoms with Gasteiger partial charge in [0.25, 0.3) is 0 Å². The molecule has 0 aromatic heterocycles. The first-order valence-corrected chi connectivity index (χ1v) is 6.34. The lowest BCUT2D eigenvalue weighted by Gasteiger charge is -2.21. The summed E-state index contributed by atoms with van der Waals surface area (Å²) in [5.74, 6) is 0. The van der Waals surface area contributed by atoms with Crippen LogP contribution in [-0.4, -0.2) is 18.0 Å². The van der Waals surface area contributed by atoms with E-state index < -0.39 is 0 Å². The van der Waals surface area contributed by atoms with Crippen LogP contribution in [0, 0.1) is 0 Å². The Labute approximate surface area is 98.8 Å². The van der Waals surface area contributed by atoms with Gasteiger partial charge in [0.1, 0.15) is 0 Å². The van der Waals surface area contributed by atoms with E-state index in [1.165, 1.54) is 37.1 Å². The van der Waals surface area contributed by atoms with Crippen LogP contribution in [0.5, 0.6) is 0 Å². The first kappa shape index (κ1) is 11.4. The zero-order valence-corrected chi connectivity index (χ0v) is 10.2. The van der Waals surface area contributed by atoms with Gasteiger partial charge in [0.2, 0.25) is 0 Å². The molecule has 1 aliphatic heterocycles. The second kappa shape index (κ2) is 5.86. The monoisotopic (exact) mass is 215 g/mol. The Morgan fingerprint density at radius 2 is 1.62 bits per heavy atom. The minimum absolute atomic E-state index is 1.12. The maximum atomic E-state index is 2.56. The molecule has 16 heavy (non-hydrogen) atoms. The van der Waals surface area contributed by atoms with Crippen molar-refractivity contribution in [3.63, 3.8) is 0 Å². The quantitative estimate of drug-likeness (QED) is 0.698. The molecule has 0 unspecified atom stereocenters. The first-order chi connectivity index (χ1) is 7.90. The van der Waals surface area contributed by atoms with Crippen LogP contribution in [0.1, 0.15) is 30.9 Å². The van der Waals surface area contributed by atoms with Crippen molar-refractivity contribution in [1.82, 2.24) is 4.90 Å². The Balaban J connectivity index is 2.02. The van der Waals surface area contributed by atoms with Crippen LogP contribution in [0.2, 0.25) is 0 Å². The lowest BCUT2D eigenvalue weighted by Crippen LogP contribution is -2.24. The van der Waals surface area contributed by atoms with Gasteiger partial charge < -0.3 is 0 Å². The van der Waals surface area contributed by atoms with Gasteiger partial charge in [0, 0.05) is 19.6 Å². The summed E-state index contributed by atoms with van der Waals surface area (Å²) < 4.78 is 0. The highest BCUT2D eigenvalue weighted by molar-refractivity contribution is 5.26. The van der Waals surface area contributed by atoms with E-state index in [0.29, 0.717) is 0 Å². The fourth-order valence-electron chi connectivity index (χ4n) is 2.32. The van der Waals surface area contributed by atoms with E-state index in [1.807, 2.05) is 0 Å². The minimum atomic E-state index is 1.12. The highest BCUT2D eigenvalue weighted by Crippen LogP contribution is 2.14. The topological polar surface area (TPSA) is 3.24 Å². The average Bonchev–Trinajstić information content (AvgIpc) is 2.58. The molecule has 0 N–H and O–H groups in total. The van der Waals surface area contributed by atoms with E-state index >= 15 is 0 Å². The van der Waals surface area contributed by atoms with Gasteiger partial charge in [-0.2, -0.15) is 0 Å². The molecule has 2 rings (SSSR count). The van der Waals surface area contributed by atoms with Crippen molar-refractivity contribution in [2.24, 2.45) is 0 Å². The van der Waals surface area contributed by atoms with Crippen LogP contribution in [0.25, 0.3) is 0 Å². The molecule has 1 nitrogen and oxygen atoms in total. The largest absolute Gasteiger partial charge is 0.298 e. The number of nitrogens with zero attached hydrogens (tertiary/aromatic N) is 1. The van der Waals surface area contributed by atoms with Crippen molar-refractivity contribution in [3.05, 3.63) is 47.5 Å². The summed E-state index contributed by atoms with van der Waals surface area (Å²) in [7, 11) is 0. The van der Waals surface area contributed by atoms with Gasteiger partial charge in [-0.1, -0.05) is 43.3 Å². The zero-order valence-electron chi connectivity index (χ0n) is 10.2. The van der Waals surface area contributed by atoms with Gasteiger partial charge in [-0.15, -0.1) is 0 Å². The molecule has 1 aromatic rings. The summed E-state index contributed by atoms with van der Waals surface area (Å²) >= 11 is 0. The lowest BCUT2D eigenvalue weighted by molar-refractivity contribution is 0.280. The molecule has 1 aliphatic rings. The first-order valence-electron chi connectivity index (χ1n) is 6.34. The number of rotatable bonds is 3. The number of hydrogen-bond donors (Lipinski definition) is 0. The summed E-state index contributed by atoms with van der Waals surface area (Å²) in [4.78, 5) is 2.56. The van der Waals surface area contributed by atoms with E-state index in [-0.39, 0.29) is 0 Å². The molecule has 0 amide bonds. The van der Waals surface area contributed by atoms with E-state index in [9.17, 15) is 0 Å². The summed E-state index contributed by atoms with van der Waals surface area (Å²) in [6.45, 7) is 5.76. The van der Waals surface area contributed by atoms with Crippen molar-refractivity contribution in [2.75, 3.05) is 13.1 Å². The molecule has 1 heterocycles. The molecule has 0 atom stereocenters. The van der Waals surface area contributed by atoms with Crippen LogP contribution in [0.15, 0.2) is 36.4 Å². The van der Waals surface area contributed by atoms with Crippen LogP contribution in [-0.2, 0) is 13.0 Å². The SMILES string of the molecule is CCc1ccccc1CN1CCC=CCC1. The third kappa shape index (κ3) is 2.96.